The summed E-state index contributed by atoms with van der Waals surface area (Å²) in [6.07, 6.45) is 1.51. The molecule has 0 bridgehead atoms. The second kappa shape index (κ2) is 3.55. The Labute approximate surface area is 90.3 Å². The van der Waals surface area contributed by atoms with E-state index in [0.29, 0.717) is 5.69 Å². The molecule has 0 aliphatic carbocycles. The first kappa shape index (κ1) is 9.98. The van der Waals surface area contributed by atoms with E-state index < -0.39 is 0 Å². The molecule has 0 aliphatic heterocycles. The maximum absolute atomic E-state index is 12.7. The summed E-state index contributed by atoms with van der Waals surface area (Å²) in [6, 6.07) is 5.63. The normalized spacial score (nSPS) is 10.6. The Morgan fingerprint density at radius 1 is 1.27 bits per heavy atom. The maximum Gasteiger partial charge on any atom is 0.290 e. The van der Waals surface area contributed by atoms with Gasteiger partial charge in [-0.3, -0.25) is 9.48 Å². The number of benzene rings is 1. The van der Waals surface area contributed by atoms with Gasteiger partial charge < -0.3 is 0 Å². The first-order chi connectivity index (χ1) is 7.09. The number of hydrogen-bond acceptors (Lipinski definition) is 1. The molecule has 2 aromatic rings. The van der Waals surface area contributed by atoms with E-state index in [9.17, 15) is 9.18 Å². The Morgan fingerprint density at radius 2 is 1.87 bits per heavy atom. The second-order valence-electron chi connectivity index (χ2n) is 3.14. The fourth-order valence-corrected chi connectivity index (χ4v) is 1.62. The zero-order chi connectivity index (χ0) is 11.0. The fraction of sp³-hybridized carbons (Fsp3) is 0.100. The lowest BCUT2D eigenvalue weighted by Crippen LogP contribution is -2.19. The molecule has 3 nitrogen and oxygen atoms in total. The molecule has 78 valence electrons. The quantitative estimate of drug-likeness (QED) is 0.730. The molecule has 0 aliphatic rings. The predicted octanol–water partition coefficient (Wildman–Crippen LogP) is 1.97. The molecule has 0 N–H and O–H groups in total. The molecule has 0 amide bonds. The summed E-state index contributed by atoms with van der Waals surface area (Å²) >= 11 is 5.69. The maximum atomic E-state index is 12.7. The van der Waals surface area contributed by atoms with Crippen LogP contribution in [0.1, 0.15) is 0 Å². The summed E-state index contributed by atoms with van der Waals surface area (Å²) < 4.78 is 15.6. The number of hydrogen-bond donors (Lipinski definition) is 0. The molecule has 0 unspecified atom stereocenters. The molecule has 1 aromatic carbocycles. The summed E-state index contributed by atoms with van der Waals surface area (Å²) in [4.78, 5) is 11.6. The average Bonchev–Trinajstić information content (AvgIpc) is 2.44. The summed E-state index contributed by atoms with van der Waals surface area (Å²) in [7, 11) is 1.69. The SMILES string of the molecule is Cn1cc(Cl)c(=O)n1-c1ccc(F)cc1. The van der Waals surface area contributed by atoms with Crippen LogP contribution < -0.4 is 5.56 Å². The Morgan fingerprint density at radius 3 is 2.33 bits per heavy atom. The molecule has 1 heterocycles. The van der Waals surface area contributed by atoms with E-state index in [4.69, 9.17) is 11.6 Å². The first-order valence-electron chi connectivity index (χ1n) is 4.29. The van der Waals surface area contributed by atoms with E-state index in [2.05, 4.69) is 0 Å². The van der Waals surface area contributed by atoms with Crippen LogP contribution in [0.2, 0.25) is 5.02 Å². The monoisotopic (exact) mass is 226 g/mol. The third-order valence-electron chi connectivity index (χ3n) is 2.08. The highest BCUT2D eigenvalue weighted by molar-refractivity contribution is 6.30. The molecule has 0 spiro atoms. The van der Waals surface area contributed by atoms with E-state index in [1.807, 2.05) is 0 Å². The topological polar surface area (TPSA) is 26.9 Å². The Balaban J connectivity index is 2.64. The van der Waals surface area contributed by atoms with Gasteiger partial charge in [0.2, 0.25) is 0 Å². The van der Waals surface area contributed by atoms with Gasteiger partial charge in [-0.15, -0.1) is 0 Å². The van der Waals surface area contributed by atoms with Crippen molar-refractivity contribution in [2.75, 3.05) is 0 Å². The molecular formula is C10H8ClFN2O. The number of aryl methyl sites for hydroxylation is 1. The number of halogens is 2. The average molecular weight is 227 g/mol. The molecule has 0 radical (unpaired) electrons. The van der Waals surface area contributed by atoms with Crippen LogP contribution >= 0.6 is 11.6 Å². The van der Waals surface area contributed by atoms with E-state index in [-0.39, 0.29) is 16.4 Å². The molecule has 5 heteroatoms. The molecule has 1 aromatic heterocycles. The standard InChI is InChI=1S/C10H8ClFN2O/c1-13-6-9(11)10(15)14(13)8-4-2-7(12)3-5-8/h2-6H,1H3. The molecular weight excluding hydrogens is 219 g/mol. The van der Waals surface area contributed by atoms with Gasteiger partial charge in [0.1, 0.15) is 10.8 Å². The van der Waals surface area contributed by atoms with Crippen LogP contribution in [0.25, 0.3) is 5.69 Å². The van der Waals surface area contributed by atoms with Crippen molar-refractivity contribution in [3.8, 4) is 5.69 Å². The van der Waals surface area contributed by atoms with Crippen LogP contribution in [0.4, 0.5) is 4.39 Å². The molecule has 2 rings (SSSR count). The highest BCUT2D eigenvalue weighted by atomic mass is 35.5. The third-order valence-corrected chi connectivity index (χ3v) is 2.34. The van der Waals surface area contributed by atoms with Crippen LogP contribution in [0, 0.1) is 5.82 Å². The van der Waals surface area contributed by atoms with Crippen LogP contribution in [0.3, 0.4) is 0 Å². The van der Waals surface area contributed by atoms with E-state index >= 15 is 0 Å². The van der Waals surface area contributed by atoms with Crippen molar-refractivity contribution in [1.29, 1.82) is 0 Å². The molecule has 0 saturated carbocycles. The predicted molar refractivity (Wildman–Crippen MR) is 56.0 cm³/mol. The summed E-state index contributed by atoms with van der Waals surface area (Å²) in [5.74, 6) is -0.341. The molecule has 0 atom stereocenters. The van der Waals surface area contributed by atoms with Crippen molar-refractivity contribution in [2.45, 2.75) is 0 Å². The van der Waals surface area contributed by atoms with E-state index in [1.165, 1.54) is 35.1 Å². The molecule has 0 saturated heterocycles. The van der Waals surface area contributed by atoms with Crippen LogP contribution in [-0.4, -0.2) is 9.36 Å². The van der Waals surface area contributed by atoms with Crippen molar-refractivity contribution in [3.63, 3.8) is 0 Å². The minimum atomic E-state index is -0.341. The Kier molecular flexibility index (Phi) is 2.36. The summed E-state index contributed by atoms with van der Waals surface area (Å²) in [5.41, 5.74) is 0.265. The highest BCUT2D eigenvalue weighted by Gasteiger charge is 2.08. The number of nitrogens with zero attached hydrogens (tertiary/aromatic N) is 2. The van der Waals surface area contributed by atoms with Gasteiger partial charge in [0, 0.05) is 13.2 Å². The fourth-order valence-electron chi connectivity index (χ4n) is 1.40. The van der Waals surface area contributed by atoms with Crippen LogP contribution in [0.5, 0.6) is 0 Å². The Hall–Kier alpha value is -1.55. The third kappa shape index (κ3) is 1.68. The van der Waals surface area contributed by atoms with Gasteiger partial charge in [-0.1, -0.05) is 11.6 Å². The van der Waals surface area contributed by atoms with Gasteiger partial charge in [0.05, 0.1) is 5.69 Å². The van der Waals surface area contributed by atoms with Gasteiger partial charge in [-0.05, 0) is 24.3 Å². The minimum Gasteiger partial charge on any atom is -0.287 e. The lowest BCUT2D eigenvalue weighted by molar-refractivity contribution is 0.620. The lowest BCUT2D eigenvalue weighted by Gasteiger charge is -2.05. The zero-order valence-corrected chi connectivity index (χ0v) is 8.70. The van der Waals surface area contributed by atoms with Crippen molar-refractivity contribution in [1.82, 2.24) is 9.36 Å². The highest BCUT2D eigenvalue weighted by Crippen LogP contribution is 2.09. The van der Waals surface area contributed by atoms with Gasteiger partial charge >= 0.3 is 0 Å². The van der Waals surface area contributed by atoms with Gasteiger partial charge in [-0.2, -0.15) is 0 Å². The molecule has 0 fully saturated rings. The van der Waals surface area contributed by atoms with Crippen molar-refractivity contribution >= 4 is 11.6 Å². The van der Waals surface area contributed by atoms with E-state index in [1.54, 1.807) is 11.7 Å². The van der Waals surface area contributed by atoms with Crippen molar-refractivity contribution in [3.05, 3.63) is 51.7 Å². The van der Waals surface area contributed by atoms with Gasteiger partial charge in [0.25, 0.3) is 5.56 Å². The first-order valence-corrected chi connectivity index (χ1v) is 4.67. The smallest absolute Gasteiger partial charge is 0.287 e. The largest absolute Gasteiger partial charge is 0.290 e. The van der Waals surface area contributed by atoms with Crippen LogP contribution in [0.15, 0.2) is 35.3 Å². The lowest BCUT2D eigenvalue weighted by atomic mass is 10.3. The summed E-state index contributed by atoms with van der Waals surface area (Å²) in [5, 5.41) is 0.141. The number of aromatic nitrogens is 2. The van der Waals surface area contributed by atoms with Crippen molar-refractivity contribution < 1.29 is 4.39 Å². The summed E-state index contributed by atoms with van der Waals surface area (Å²) in [6.45, 7) is 0. The second-order valence-corrected chi connectivity index (χ2v) is 3.55. The molecule has 15 heavy (non-hydrogen) atoms. The van der Waals surface area contributed by atoms with Gasteiger partial charge in [-0.25, -0.2) is 9.07 Å². The minimum absolute atomic E-state index is 0.141. The zero-order valence-electron chi connectivity index (χ0n) is 7.95. The number of rotatable bonds is 1. The van der Waals surface area contributed by atoms with Crippen LogP contribution in [-0.2, 0) is 7.05 Å². The van der Waals surface area contributed by atoms with Crippen molar-refractivity contribution in [2.24, 2.45) is 7.05 Å². The van der Waals surface area contributed by atoms with E-state index in [0.717, 1.165) is 0 Å². The van der Waals surface area contributed by atoms with Gasteiger partial charge in [0.15, 0.2) is 0 Å². The Bertz CT molecular complexity index is 542.